The maximum atomic E-state index is 12.1. The molecule has 0 fully saturated rings. The first kappa shape index (κ1) is 26.6. The van der Waals surface area contributed by atoms with Crippen LogP contribution in [-0.4, -0.2) is 64.2 Å². The molecule has 2 aromatic carbocycles. The van der Waals surface area contributed by atoms with Gasteiger partial charge in [-0.2, -0.15) is 0 Å². The lowest BCUT2D eigenvalue weighted by Gasteiger charge is -2.26. The number of ether oxygens (including phenoxy) is 1. The van der Waals surface area contributed by atoms with Crippen molar-refractivity contribution in [2.75, 3.05) is 50.1 Å². The molecule has 204 valence electrons. The summed E-state index contributed by atoms with van der Waals surface area (Å²) in [5.74, 6) is 0.385. The van der Waals surface area contributed by atoms with E-state index in [1.807, 2.05) is 38.1 Å². The van der Waals surface area contributed by atoms with E-state index in [0.29, 0.717) is 43.6 Å². The van der Waals surface area contributed by atoms with E-state index >= 15 is 0 Å². The van der Waals surface area contributed by atoms with E-state index < -0.39 is 0 Å². The van der Waals surface area contributed by atoms with E-state index in [1.54, 1.807) is 12.3 Å². The van der Waals surface area contributed by atoms with Gasteiger partial charge in [-0.15, -0.1) is 0 Å². The van der Waals surface area contributed by atoms with Gasteiger partial charge in [-0.05, 0) is 51.2 Å². The molecule has 0 spiro atoms. The van der Waals surface area contributed by atoms with Crippen molar-refractivity contribution in [2.45, 2.75) is 33.9 Å². The van der Waals surface area contributed by atoms with Crippen LogP contribution in [0.3, 0.4) is 0 Å². The first-order chi connectivity index (χ1) is 18.9. The lowest BCUT2D eigenvalue weighted by molar-refractivity contribution is -0.384. The monoisotopic (exact) mass is 529 g/mol. The van der Waals surface area contributed by atoms with Crippen LogP contribution in [0.2, 0.25) is 0 Å². The van der Waals surface area contributed by atoms with Crippen LogP contribution in [0.5, 0.6) is 0 Å². The lowest BCUT2D eigenvalue weighted by atomic mass is 10.1. The van der Waals surface area contributed by atoms with Crippen molar-refractivity contribution in [3.8, 4) is 11.3 Å². The standard InChI is InChI=1S/C29H35N7O3/c1-5-33(4)13-14-34(6-2)25-17-20(3)23(18-26(25)36(37)38)32-29-30-12-11-22(31-29)28-21-9-7-8-10-24(21)35-15-16-39-19-27(28)35/h7-12,17-18H,5-6,13-16,19H2,1-4H3,(H,30,31,32). The number of nitro benzene ring substituents is 1. The Morgan fingerprint density at radius 2 is 1.97 bits per heavy atom. The van der Waals surface area contributed by atoms with Crippen LogP contribution in [0.25, 0.3) is 22.2 Å². The average Bonchev–Trinajstić information content (AvgIpc) is 3.29. The highest BCUT2D eigenvalue weighted by atomic mass is 16.6. The van der Waals surface area contributed by atoms with E-state index in [-0.39, 0.29) is 10.6 Å². The molecule has 0 bridgehead atoms. The van der Waals surface area contributed by atoms with E-state index in [9.17, 15) is 10.1 Å². The van der Waals surface area contributed by atoms with Crippen molar-refractivity contribution in [2.24, 2.45) is 0 Å². The average molecular weight is 530 g/mol. The molecule has 39 heavy (non-hydrogen) atoms. The number of fused-ring (bicyclic) bond motifs is 3. The summed E-state index contributed by atoms with van der Waals surface area (Å²) in [4.78, 5) is 25.3. The quantitative estimate of drug-likeness (QED) is 0.216. The number of nitrogens with zero attached hydrogens (tertiary/aromatic N) is 6. The highest BCUT2D eigenvalue weighted by Crippen LogP contribution is 2.37. The first-order valence-corrected chi connectivity index (χ1v) is 13.4. The minimum Gasteiger partial charge on any atom is -0.373 e. The molecule has 2 aromatic heterocycles. The number of benzene rings is 2. The van der Waals surface area contributed by atoms with Gasteiger partial charge < -0.3 is 24.4 Å². The molecule has 0 amide bonds. The third-order valence-electron chi connectivity index (χ3n) is 7.47. The predicted octanol–water partition coefficient (Wildman–Crippen LogP) is 5.37. The molecule has 1 aliphatic heterocycles. The Morgan fingerprint density at radius 3 is 2.74 bits per heavy atom. The zero-order valence-electron chi connectivity index (χ0n) is 23.0. The summed E-state index contributed by atoms with van der Waals surface area (Å²) >= 11 is 0. The molecule has 4 aromatic rings. The van der Waals surface area contributed by atoms with Gasteiger partial charge in [0.15, 0.2) is 0 Å². The summed E-state index contributed by atoms with van der Waals surface area (Å²) in [6, 6.07) is 13.7. The molecular weight excluding hydrogens is 494 g/mol. The second-order valence-corrected chi connectivity index (χ2v) is 9.82. The molecule has 10 nitrogen and oxygen atoms in total. The third-order valence-corrected chi connectivity index (χ3v) is 7.47. The Hall–Kier alpha value is -4.02. The van der Waals surface area contributed by atoms with Crippen molar-refractivity contribution in [3.63, 3.8) is 0 Å². The van der Waals surface area contributed by atoms with Crippen molar-refractivity contribution in [1.29, 1.82) is 0 Å². The van der Waals surface area contributed by atoms with Crippen molar-refractivity contribution in [3.05, 3.63) is 70.0 Å². The fourth-order valence-corrected chi connectivity index (χ4v) is 5.16. The number of aryl methyl sites for hydroxylation is 1. The number of aromatic nitrogens is 3. The summed E-state index contributed by atoms with van der Waals surface area (Å²) in [7, 11) is 2.05. The van der Waals surface area contributed by atoms with Crippen molar-refractivity contribution in [1.82, 2.24) is 19.4 Å². The molecular formula is C29H35N7O3. The molecule has 0 saturated heterocycles. The number of nitro groups is 1. The summed E-state index contributed by atoms with van der Waals surface area (Å²) in [5, 5.41) is 16.5. The lowest BCUT2D eigenvalue weighted by Crippen LogP contribution is -2.33. The SMILES string of the molecule is CCN(C)CCN(CC)c1cc(C)c(Nc2nccc(-c3c4n(c5ccccc35)CCOC4)n2)cc1[N+](=O)[O-]. The minimum absolute atomic E-state index is 0.0601. The zero-order chi connectivity index (χ0) is 27.5. The van der Waals surface area contributed by atoms with E-state index in [1.165, 1.54) is 0 Å². The Labute approximate surface area is 228 Å². The van der Waals surface area contributed by atoms with Gasteiger partial charge in [-0.3, -0.25) is 10.1 Å². The number of hydrogen-bond acceptors (Lipinski definition) is 8. The molecule has 10 heteroatoms. The van der Waals surface area contributed by atoms with Gasteiger partial charge in [0, 0.05) is 54.9 Å². The molecule has 0 unspecified atom stereocenters. The van der Waals surface area contributed by atoms with Gasteiger partial charge in [0.1, 0.15) is 5.69 Å². The fourth-order valence-electron chi connectivity index (χ4n) is 5.16. The van der Waals surface area contributed by atoms with Crippen LogP contribution < -0.4 is 10.2 Å². The maximum absolute atomic E-state index is 12.1. The summed E-state index contributed by atoms with van der Waals surface area (Å²) < 4.78 is 8.09. The maximum Gasteiger partial charge on any atom is 0.294 e. The number of para-hydroxylation sites is 1. The molecule has 1 aliphatic rings. The summed E-state index contributed by atoms with van der Waals surface area (Å²) in [6.45, 7) is 11.2. The van der Waals surface area contributed by atoms with Gasteiger partial charge in [0.2, 0.25) is 5.95 Å². The van der Waals surface area contributed by atoms with Crippen LogP contribution in [0, 0.1) is 17.0 Å². The third kappa shape index (κ3) is 5.30. The van der Waals surface area contributed by atoms with Gasteiger partial charge in [-0.25, -0.2) is 9.97 Å². The molecule has 0 radical (unpaired) electrons. The highest BCUT2D eigenvalue weighted by molar-refractivity contribution is 5.97. The molecule has 3 heterocycles. The normalized spacial score (nSPS) is 13.1. The molecule has 0 aliphatic carbocycles. The first-order valence-electron chi connectivity index (χ1n) is 13.4. The van der Waals surface area contributed by atoms with E-state index in [0.717, 1.165) is 53.1 Å². The zero-order valence-corrected chi connectivity index (χ0v) is 23.0. The Morgan fingerprint density at radius 1 is 1.15 bits per heavy atom. The minimum atomic E-state index is -0.316. The molecule has 1 N–H and O–H groups in total. The summed E-state index contributed by atoms with van der Waals surface area (Å²) in [6.07, 6.45) is 1.72. The number of anilines is 3. The van der Waals surface area contributed by atoms with Gasteiger partial charge in [0.25, 0.3) is 5.69 Å². The highest BCUT2D eigenvalue weighted by Gasteiger charge is 2.24. The number of likely N-dealkylation sites (N-methyl/N-ethyl adjacent to an activating group) is 2. The van der Waals surface area contributed by atoms with Crippen LogP contribution in [0.4, 0.5) is 23.0 Å². The Kier molecular flexibility index (Phi) is 7.76. The molecule has 5 rings (SSSR count). The molecule has 0 atom stereocenters. The van der Waals surface area contributed by atoms with Crippen LogP contribution >= 0.6 is 0 Å². The van der Waals surface area contributed by atoms with Crippen LogP contribution in [0.1, 0.15) is 25.1 Å². The second kappa shape index (κ2) is 11.4. The van der Waals surface area contributed by atoms with Crippen molar-refractivity contribution < 1.29 is 9.66 Å². The fraction of sp³-hybridized carbons (Fsp3) is 0.379. The number of nitrogens with one attached hydrogen (secondary N) is 1. The van der Waals surface area contributed by atoms with E-state index in [4.69, 9.17) is 9.72 Å². The number of rotatable bonds is 10. The van der Waals surface area contributed by atoms with Crippen molar-refractivity contribution >= 4 is 33.9 Å². The van der Waals surface area contributed by atoms with Gasteiger partial charge >= 0.3 is 0 Å². The summed E-state index contributed by atoms with van der Waals surface area (Å²) in [5.41, 5.74) is 6.24. The van der Waals surface area contributed by atoms with E-state index in [2.05, 4.69) is 50.8 Å². The van der Waals surface area contributed by atoms with Gasteiger partial charge in [0.05, 0.1) is 35.2 Å². The smallest absolute Gasteiger partial charge is 0.294 e. The van der Waals surface area contributed by atoms with Crippen LogP contribution in [0.15, 0.2) is 48.7 Å². The predicted molar refractivity (Wildman–Crippen MR) is 155 cm³/mol. The topological polar surface area (TPSA) is 102 Å². The largest absolute Gasteiger partial charge is 0.373 e. The Bertz CT molecular complexity index is 1500. The van der Waals surface area contributed by atoms with Crippen LogP contribution in [-0.2, 0) is 17.9 Å². The van der Waals surface area contributed by atoms with Gasteiger partial charge in [-0.1, -0.05) is 25.1 Å². The second-order valence-electron chi connectivity index (χ2n) is 9.82. The number of hydrogen-bond donors (Lipinski definition) is 1. The Balaban J connectivity index is 1.49. The molecule has 0 saturated carbocycles.